The van der Waals surface area contributed by atoms with Gasteiger partial charge in [-0.25, -0.2) is 4.98 Å². The Morgan fingerprint density at radius 1 is 1.00 bits per heavy atom. The predicted molar refractivity (Wildman–Crippen MR) is 116 cm³/mol. The van der Waals surface area contributed by atoms with Gasteiger partial charge in [-0.05, 0) is 30.3 Å². The Hall–Kier alpha value is -3.03. The number of aromatic nitrogens is 3. The number of morpholine rings is 1. The summed E-state index contributed by atoms with van der Waals surface area (Å²) in [5, 5.41) is 0. The van der Waals surface area contributed by atoms with Crippen molar-refractivity contribution in [1.29, 1.82) is 0 Å². The molecule has 5 rings (SSSR count). The zero-order chi connectivity index (χ0) is 20.5. The van der Waals surface area contributed by atoms with Gasteiger partial charge in [-0.1, -0.05) is 12.1 Å². The Balaban J connectivity index is 1.55. The number of benzene rings is 2. The van der Waals surface area contributed by atoms with E-state index in [1.165, 1.54) is 11.0 Å². The highest BCUT2D eigenvalue weighted by molar-refractivity contribution is 5.82. The first-order valence-corrected chi connectivity index (χ1v) is 10.4. The van der Waals surface area contributed by atoms with Crippen LogP contribution in [0.5, 0.6) is 11.5 Å². The lowest BCUT2D eigenvalue weighted by atomic mass is 10.1. The summed E-state index contributed by atoms with van der Waals surface area (Å²) in [6, 6.07) is 14.4. The van der Waals surface area contributed by atoms with Crippen LogP contribution in [0.3, 0.4) is 0 Å². The van der Waals surface area contributed by atoms with Gasteiger partial charge >= 0.3 is 0 Å². The fourth-order valence-corrected chi connectivity index (χ4v) is 4.28. The topological polar surface area (TPSA) is 54.4 Å². The third kappa shape index (κ3) is 3.30. The fourth-order valence-electron chi connectivity index (χ4n) is 4.28. The van der Waals surface area contributed by atoms with Gasteiger partial charge < -0.3 is 23.7 Å². The maximum absolute atomic E-state index is 5.50. The molecule has 0 unspecified atom stereocenters. The van der Waals surface area contributed by atoms with Crippen molar-refractivity contribution in [2.45, 2.75) is 6.54 Å². The molecule has 156 valence electrons. The first-order valence-electron chi connectivity index (χ1n) is 10.4. The minimum atomic E-state index is 0.705. The number of quaternary nitrogens is 1. The summed E-state index contributed by atoms with van der Waals surface area (Å²) in [5.74, 6) is 2.39. The molecule has 2 aromatic heterocycles. The molecule has 1 aliphatic rings. The summed E-state index contributed by atoms with van der Waals surface area (Å²) < 4.78 is 20.9. The Kier molecular flexibility index (Phi) is 5.06. The van der Waals surface area contributed by atoms with Crippen LogP contribution in [0.15, 0.2) is 48.7 Å². The number of nitrogens with one attached hydrogen (secondary N) is 1. The van der Waals surface area contributed by atoms with Crippen LogP contribution in [-0.4, -0.2) is 61.0 Å². The fraction of sp³-hybridized carbons (Fsp3) is 0.348. The molecule has 7 heteroatoms. The average Bonchev–Trinajstić information content (AvgIpc) is 3.36. The van der Waals surface area contributed by atoms with Crippen LogP contribution in [0.4, 0.5) is 0 Å². The van der Waals surface area contributed by atoms with Crippen molar-refractivity contribution >= 4 is 16.8 Å². The average molecular weight is 407 g/mol. The zero-order valence-electron chi connectivity index (χ0n) is 17.4. The molecule has 0 bridgehead atoms. The number of fused-ring (bicyclic) bond motifs is 3. The van der Waals surface area contributed by atoms with Crippen LogP contribution in [0, 0.1) is 0 Å². The SMILES string of the molecule is COc1ccc(-c2cn3c4ccccc4n(CC[NH+]4CCOCC4)c3n2)cc1OC. The van der Waals surface area contributed by atoms with Gasteiger partial charge in [-0.3, -0.25) is 4.40 Å². The van der Waals surface area contributed by atoms with Crippen LogP contribution < -0.4 is 14.4 Å². The van der Waals surface area contributed by atoms with Gasteiger partial charge in [0.2, 0.25) is 5.78 Å². The number of rotatable bonds is 6. The molecule has 1 fully saturated rings. The number of hydrogen-bond donors (Lipinski definition) is 1. The lowest BCUT2D eigenvalue weighted by molar-refractivity contribution is -0.908. The molecule has 0 atom stereocenters. The number of para-hydroxylation sites is 2. The van der Waals surface area contributed by atoms with Crippen molar-refractivity contribution in [3.8, 4) is 22.8 Å². The number of nitrogens with zero attached hydrogens (tertiary/aromatic N) is 3. The van der Waals surface area contributed by atoms with Gasteiger partial charge in [0.05, 0.1) is 57.3 Å². The van der Waals surface area contributed by atoms with E-state index in [9.17, 15) is 0 Å². The number of imidazole rings is 2. The van der Waals surface area contributed by atoms with E-state index in [0.29, 0.717) is 11.5 Å². The summed E-state index contributed by atoms with van der Waals surface area (Å²) in [5.41, 5.74) is 4.31. The lowest BCUT2D eigenvalue weighted by Crippen LogP contribution is -3.14. The van der Waals surface area contributed by atoms with Crippen LogP contribution in [-0.2, 0) is 11.3 Å². The second kappa shape index (κ2) is 8.01. The largest absolute Gasteiger partial charge is 0.493 e. The standard InChI is InChI=1S/C23H26N4O3/c1-28-21-8-7-17(15-22(21)29-2)18-16-27-20-6-4-3-5-19(20)26(23(27)24-18)10-9-25-11-13-30-14-12-25/h3-8,15-16H,9-14H2,1-2H3/p+1. The Morgan fingerprint density at radius 2 is 1.77 bits per heavy atom. The van der Waals surface area contributed by atoms with Gasteiger partial charge in [0.1, 0.15) is 13.1 Å². The first-order chi connectivity index (χ1) is 14.8. The maximum atomic E-state index is 5.50. The molecule has 2 aromatic carbocycles. The summed E-state index contributed by atoms with van der Waals surface area (Å²) in [6.45, 7) is 5.83. The maximum Gasteiger partial charge on any atom is 0.215 e. The lowest BCUT2D eigenvalue weighted by Gasteiger charge is -2.23. The van der Waals surface area contributed by atoms with Crippen LogP contribution in [0.25, 0.3) is 28.1 Å². The van der Waals surface area contributed by atoms with E-state index < -0.39 is 0 Å². The van der Waals surface area contributed by atoms with E-state index in [4.69, 9.17) is 19.2 Å². The highest BCUT2D eigenvalue weighted by atomic mass is 16.5. The summed E-state index contributed by atoms with van der Waals surface area (Å²) in [4.78, 5) is 6.60. The second-order valence-electron chi connectivity index (χ2n) is 7.62. The van der Waals surface area contributed by atoms with Gasteiger partial charge in [0.15, 0.2) is 11.5 Å². The third-order valence-electron chi connectivity index (χ3n) is 5.93. The quantitative estimate of drug-likeness (QED) is 0.530. The Morgan fingerprint density at radius 3 is 2.53 bits per heavy atom. The first kappa shape index (κ1) is 19.0. The summed E-state index contributed by atoms with van der Waals surface area (Å²) >= 11 is 0. The molecule has 7 nitrogen and oxygen atoms in total. The molecule has 3 heterocycles. The molecule has 4 aromatic rings. The highest BCUT2D eigenvalue weighted by Crippen LogP contribution is 2.33. The van der Waals surface area contributed by atoms with Crippen molar-refractivity contribution in [3.05, 3.63) is 48.7 Å². The van der Waals surface area contributed by atoms with Gasteiger partial charge in [0.25, 0.3) is 0 Å². The molecule has 0 radical (unpaired) electrons. The minimum Gasteiger partial charge on any atom is -0.493 e. The minimum absolute atomic E-state index is 0.705. The molecule has 0 saturated carbocycles. The molecule has 1 N–H and O–H groups in total. The number of hydrogen-bond acceptors (Lipinski definition) is 4. The smallest absolute Gasteiger partial charge is 0.215 e. The number of methoxy groups -OCH3 is 2. The Bertz CT molecular complexity index is 1170. The van der Waals surface area contributed by atoms with Crippen molar-refractivity contribution in [2.24, 2.45) is 0 Å². The van der Waals surface area contributed by atoms with E-state index in [-0.39, 0.29) is 0 Å². The number of ether oxygens (including phenoxy) is 3. The monoisotopic (exact) mass is 407 g/mol. The van der Waals surface area contributed by atoms with E-state index >= 15 is 0 Å². The van der Waals surface area contributed by atoms with E-state index in [1.54, 1.807) is 19.1 Å². The van der Waals surface area contributed by atoms with Crippen molar-refractivity contribution in [3.63, 3.8) is 0 Å². The summed E-state index contributed by atoms with van der Waals surface area (Å²) in [6.07, 6.45) is 2.11. The predicted octanol–water partition coefficient (Wildman–Crippen LogP) is 1.89. The van der Waals surface area contributed by atoms with Crippen molar-refractivity contribution in [1.82, 2.24) is 14.0 Å². The van der Waals surface area contributed by atoms with Crippen LogP contribution in [0.1, 0.15) is 0 Å². The van der Waals surface area contributed by atoms with Gasteiger partial charge in [0, 0.05) is 11.8 Å². The van der Waals surface area contributed by atoms with Crippen molar-refractivity contribution < 1.29 is 19.1 Å². The van der Waals surface area contributed by atoms with Crippen LogP contribution in [0.2, 0.25) is 0 Å². The molecule has 30 heavy (non-hydrogen) atoms. The Labute approximate surface area is 175 Å². The highest BCUT2D eigenvalue weighted by Gasteiger charge is 2.18. The van der Waals surface area contributed by atoms with Gasteiger partial charge in [-0.15, -0.1) is 0 Å². The molecule has 1 aliphatic heterocycles. The molecule has 0 spiro atoms. The second-order valence-corrected chi connectivity index (χ2v) is 7.62. The normalized spacial score (nSPS) is 15.1. The molecule has 0 aliphatic carbocycles. The third-order valence-corrected chi connectivity index (χ3v) is 5.93. The van der Waals surface area contributed by atoms with Gasteiger partial charge in [-0.2, -0.15) is 0 Å². The molecular weight excluding hydrogens is 380 g/mol. The van der Waals surface area contributed by atoms with E-state index in [1.807, 2.05) is 18.2 Å². The van der Waals surface area contributed by atoms with E-state index in [2.05, 4.69) is 39.4 Å². The van der Waals surface area contributed by atoms with E-state index in [0.717, 1.165) is 56.4 Å². The molecule has 0 amide bonds. The molecular formula is C23H27N4O3+. The summed E-state index contributed by atoms with van der Waals surface area (Å²) in [7, 11) is 3.30. The molecule has 1 saturated heterocycles. The van der Waals surface area contributed by atoms with Crippen molar-refractivity contribution in [2.75, 3.05) is 47.1 Å². The zero-order valence-corrected chi connectivity index (χ0v) is 17.4. The van der Waals surface area contributed by atoms with Crippen LogP contribution >= 0.6 is 0 Å².